The third-order valence-corrected chi connectivity index (χ3v) is 11.6. The van der Waals surface area contributed by atoms with Crippen molar-refractivity contribution in [2.45, 2.75) is 64.7 Å². The van der Waals surface area contributed by atoms with Crippen molar-refractivity contribution < 1.29 is 46.3 Å². The Morgan fingerprint density at radius 1 is 0.688 bits per heavy atom. The highest BCUT2D eigenvalue weighted by Gasteiger charge is 2.62. The van der Waals surface area contributed by atoms with Gasteiger partial charge in [0.15, 0.2) is 11.3 Å². The summed E-state index contributed by atoms with van der Waals surface area (Å²) in [5.74, 6) is -2.15. The van der Waals surface area contributed by atoms with E-state index in [9.17, 15) is 18.7 Å². The van der Waals surface area contributed by atoms with Crippen LogP contribution in [-0.2, 0) is 46.3 Å². The maximum atomic E-state index is 13.8. The Kier molecular flexibility index (Phi) is 9.16. The van der Waals surface area contributed by atoms with Crippen molar-refractivity contribution in [1.82, 2.24) is 0 Å². The Morgan fingerprint density at radius 3 is 1.12 bits per heavy atom. The standard InChI is InChI=1S/C20H36O10P2/c1-7-19(8-2)11-27-31(23,28-12-19)15(17(21)25-5)16(18(22)26-6)32(24)29-13-20(9-3,10-4)14-30-32/h15-16H,7-14H2,1-6H3/t15-,16-/m1/s1. The lowest BCUT2D eigenvalue weighted by atomic mass is 9.84. The summed E-state index contributed by atoms with van der Waals surface area (Å²) in [5, 5.41) is 0. The molecule has 0 aromatic carbocycles. The Labute approximate surface area is 190 Å². The number of rotatable bonds is 9. The van der Waals surface area contributed by atoms with Crippen LogP contribution < -0.4 is 0 Å². The van der Waals surface area contributed by atoms with Crippen molar-refractivity contribution in [1.29, 1.82) is 0 Å². The van der Waals surface area contributed by atoms with Crippen LogP contribution in [-0.4, -0.2) is 63.9 Å². The van der Waals surface area contributed by atoms with E-state index in [2.05, 4.69) is 0 Å². The van der Waals surface area contributed by atoms with Gasteiger partial charge in [-0.15, -0.1) is 0 Å². The summed E-state index contributed by atoms with van der Waals surface area (Å²) in [7, 11) is -6.44. The van der Waals surface area contributed by atoms with Crippen LogP contribution in [0.15, 0.2) is 0 Å². The second-order valence-electron chi connectivity index (χ2n) is 8.52. The Morgan fingerprint density at radius 2 is 0.938 bits per heavy atom. The molecule has 0 radical (unpaired) electrons. The summed E-state index contributed by atoms with van der Waals surface area (Å²) in [5.41, 5.74) is -4.46. The Bertz CT molecular complexity index is 682. The molecule has 2 atom stereocenters. The van der Waals surface area contributed by atoms with Gasteiger partial charge >= 0.3 is 27.1 Å². The number of carbonyl (C=O) groups excluding carboxylic acids is 2. The summed E-state index contributed by atoms with van der Waals surface area (Å²) < 4.78 is 59.7. The van der Waals surface area contributed by atoms with Crippen LogP contribution in [0.4, 0.5) is 0 Å². The molecular formula is C20H36O10P2. The van der Waals surface area contributed by atoms with E-state index in [4.69, 9.17) is 27.6 Å². The van der Waals surface area contributed by atoms with E-state index >= 15 is 0 Å². The van der Waals surface area contributed by atoms with Crippen molar-refractivity contribution in [3.05, 3.63) is 0 Å². The first-order valence-corrected chi connectivity index (χ1v) is 14.2. The highest BCUT2D eigenvalue weighted by Crippen LogP contribution is 2.68. The molecule has 0 saturated carbocycles. The minimum Gasteiger partial charge on any atom is -0.468 e. The topological polar surface area (TPSA) is 124 Å². The zero-order valence-electron chi connectivity index (χ0n) is 19.8. The van der Waals surface area contributed by atoms with Gasteiger partial charge in [-0.3, -0.25) is 18.7 Å². The molecule has 2 aliphatic rings. The van der Waals surface area contributed by atoms with E-state index in [0.717, 1.165) is 14.2 Å². The second kappa shape index (κ2) is 10.7. The molecule has 0 aliphatic carbocycles. The molecule has 0 bridgehead atoms. The van der Waals surface area contributed by atoms with Crippen LogP contribution in [0, 0.1) is 10.8 Å². The fourth-order valence-electron chi connectivity index (χ4n) is 3.81. The van der Waals surface area contributed by atoms with Crippen LogP contribution in [0.5, 0.6) is 0 Å². The fraction of sp³-hybridized carbons (Fsp3) is 0.900. The van der Waals surface area contributed by atoms with Crippen molar-refractivity contribution >= 4 is 27.1 Å². The lowest BCUT2D eigenvalue weighted by Gasteiger charge is -2.43. The lowest BCUT2D eigenvalue weighted by Crippen LogP contribution is -2.47. The van der Waals surface area contributed by atoms with Gasteiger partial charge < -0.3 is 27.6 Å². The largest absolute Gasteiger partial charge is 0.468 e. The molecule has 186 valence electrons. The number of esters is 2. The van der Waals surface area contributed by atoms with Gasteiger partial charge in [0.1, 0.15) is 0 Å². The second-order valence-corrected chi connectivity index (χ2v) is 12.8. The summed E-state index contributed by atoms with van der Waals surface area (Å²) >= 11 is 0. The van der Waals surface area contributed by atoms with Crippen LogP contribution >= 0.6 is 15.2 Å². The molecule has 10 nitrogen and oxygen atoms in total. The monoisotopic (exact) mass is 498 g/mol. The first-order chi connectivity index (χ1) is 15.0. The molecule has 2 aliphatic heterocycles. The quantitative estimate of drug-likeness (QED) is 0.338. The van der Waals surface area contributed by atoms with Crippen LogP contribution in [0.25, 0.3) is 0 Å². The minimum atomic E-state index is -4.29. The van der Waals surface area contributed by atoms with Gasteiger partial charge in [0.05, 0.1) is 40.6 Å². The Balaban J connectivity index is 2.46. The summed E-state index contributed by atoms with van der Waals surface area (Å²) in [6, 6.07) is 0. The predicted molar refractivity (Wildman–Crippen MR) is 117 cm³/mol. The molecule has 0 unspecified atom stereocenters. The molecular weight excluding hydrogens is 462 g/mol. The molecule has 12 heteroatoms. The number of hydrogen-bond acceptors (Lipinski definition) is 10. The molecule has 0 N–H and O–H groups in total. The average Bonchev–Trinajstić information content (AvgIpc) is 2.83. The third kappa shape index (κ3) is 5.16. The molecule has 2 saturated heterocycles. The zero-order valence-corrected chi connectivity index (χ0v) is 21.6. The first-order valence-electron chi connectivity index (χ1n) is 11.0. The van der Waals surface area contributed by atoms with E-state index in [1.807, 2.05) is 27.7 Å². The highest BCUT2D eigenvalue weighted by molar-refractivity contribution is 7.60. The predicted octanol–water partition coefficient (Wildman–Crippen LogP) is 4.16. The first kappa shape index (κ1) is 27.5. The van der Waals surface area contributed by atoms with Crippen LogP contribution in [0.1, 0.15) is 53.4 Å². The summed E-state index contributed by atoms with van der Waals surface area (Å²) in [6.45, 7) is 8.04. The van der Waals surface area contributed by atoms with E-state index in [0.29, 0.717) is 25.7 Å². The van der Waals surface area contributed by atoms with Crippen molar-refractivity contribution in [2.24, 2.45) is 10.8 Å². The van der Waals surface area contributed by atoms with Gasteiger partial charge in [0.2, 0.25) is 0 Å². The molecule has 2 heterocycles. The van der Waals surface area contributed by atoms with Gasteiger partial charge in [-0.2, -0.15) is 0 Å². The van der Waals surface area contributed by atoms with Crippen LogP contribution in [0.3, 0.4) is 0 Å². The van der Waals surface area contributed by atoms with Gasteiger partial charge in [-0.05, 0) is 25.7 Å². The molecule has 0 aromatic heterocycles. The van der Waals surface area contributed by atoms with Gasteiger partial charge in [0, 0.05) is 10.8 Å². The lowest BCUT2D eigenvalue weighted by molar-refractivity contribution is -0.148. The number of hydrogen-bond donors (Lipinski definition) is 0. The maximum absolute atomic E-state index is 13.8. The third-order valence-electron chi connectivity index (χ3n) is 7.07. The fourth-order valence-corrected chi connectivity index (χ4v) is 9.06. The van der Waals surface area contributed by atoms with E-state index in [1.54, 1.807) is 0 Å². The molecule has 0 amide bonds. The van der Waals surface area contributed by atoms with Gasteiger partial charge in [-0.25, -0.2) is 0 Å². The smallest absolute Gasteiger partial charge is 0.346 e. The van der Waals surface area contributed by atoms with Crippen molar-refractivity contribution in [3.63, 3.8) is 0 Å². The van der Waals surface area contributed by atoms with E-state index < -0.39 is 38.4 Å². The minimum absolute atomic E-state index is 0.0550. The summed E-state index contributed by atoms with van der Waals surface area (Å²) in [6.07, 6.45) is 2.81. The summed E-state index contributed by atoms with van der Waals surface area (Å²) in [4.78, 5) is 25.6. The maximum Gasteiger partial charge on any atom is 0.346 e. The SMILES string of the molecule is CCC1(CC)COP(=O)([C@@H](C(=O)OC)[C@H](C(=O)OC)P2(=O)OCC(CC)(CC)CO2)OC1. The van der Waals surface area contributed by atoms with E-state index in [1.165, 1.54) is 0 Å². The normalized spacial score (nSPS) is 25.3. The number of ether oxygens (including phenoxy) is 2. The average molecular weight is 498 g/mol. The van der Waals surface area contributed by atoms with Crippen molar-refractivity contribution in [2.75, 3.05) is 40.6 Å². The zero-order chi connectivity index (χ0) is 24.2. The van der Waals surface area contributed by atoms with Gasteiger partial charge in [0.25, 0.3) is 0 Å². The molecule has 2 fully saturated rings. The number of carbonyl (C=O) groups is 2. The Hall–Kier alpha value is -0.760. The molecule has 2 rings (SSSR count). The number of methoxy groups -OCH3 is 2. The van der Waals surface area contributed by atoms with Crippen LogP contribution in [0.2, 0.25) is 0 Å². The molecule has 0 spiro atoms. The van der Waals surface area contributed by atoms with Crippen molar-refractivity contribution in [3.8, 4) is 0 Å². The molecule has 32 heavy (non-hydrogen) atoms. The highest BCUT2D eigenvalue weighted by atomic mass is 31.2. The van der Waals surface area contributed by atoms with Gasteiger partial charge in [-0.1, -0.05) is 27.7 Å². The molecule has 0 aromatic rings. The van der Waals surface area contributed by atoms with E-state index in [-0.39, 0.29) is 37.3 Å².